The summed E-state index contributed by atoms with van der Waals surface area (Å²) in [5, 5.41) is 19.3. The summed E-state index contributed by atoms with van der Waals surface area (Å²) in [4.78, 5) is 11.7. The Kier molecular flexibility index (Phi) is 4.97. The maximum absolute atomic E-state index is 12.4. The molecule has 2 saturated heterocycles. The number of alkyl halides is 3. The maximum atomic E-state index is 12.4. The first-order valence-electron chi connectivity index (χ1n) is 5.46. The smallest absolute Gasteiger partial charge is 0.402 e. The van der Waals surface area contributed by atoms with Crippen molar-refractivity contribution in [2.45, 2.75) is 43.1 Å². The van der Waals surface area contributed by atoms with Gasteiger partial charge in [0, 0.05) is 6.54 Å². The van der Waals surface area contributed by atoms with Crippen molar-refractivity contribution in [3.8, 4) is 0 Å². The van der Waals surface area contributed by atoms with Crippen LogP contribution in [0.4, 0.5) is 13.2 Å². The Morgan fingerprint density at radius 1 is 1.32 bits per heavy atom. The van der Waals surface area contributed by atoms with Gasteiger partial charge in [0.25, 0.3) is 0 Å². The van der Waals surface area contributed by atoms with Crippen LogP contribution in [-0.2, 0) is 9.53 Å². The Balaban J connectivity index is 0.00000180. The summed E-state index contributed by atoms with van der Waals surface area (Å²) >= 11 is 0. The van der Waals surface area contributed by atoms with Crippen LogP contribution in [-0.4, -0.2) is 64.2 Å². The summed E-state index contributed by atoms with van der Waals surface area (Å²) in [5.41, 5.74) is 0. The van der Waals surface area contributed by atoms with Gasteiger partial charge >= 0.3 is 30.9 Å². The van der Waals surface area contributed by atoms with E-state index in [0.717, 1.165) is 0 Å². The molecule has 1 unspecified atom stereocenters. The van der Waals surface area contributed by atoms with Gasteiger partial charge in [0.05, 0.1) is 18.2 Å². The van der Waals surface area contributed by atoms with E-state index in [0.29, 0.717) is 4.90 Å². The third-order valence-electron chi connectivity index (χ3n) is 3.33. The van der Waals surface area contributed by atoms with E-state index in [4.69, 9.17) is 4.74 Å². The van der Waals surface area contributed by atoms with Gasteiger partial charge in [-0.15, -0.1) is 0 Å². The standard InChI is InChI=1S/C10H13F3NO4.Li/c1-4-7(15)8(16)6-5(18-4)2-3-14(6)9(17)10(11,12)13;/h4-8,15-16H,1-3H2;/q-1;+1/t4-,5?,6+,7+,8-;/m1./s1. The maximum Gasteiger partial charge on any atom is 1.00 e. The summed E-state index contributed by atoms with van der Waals surface area (Å²) in [6, 6.07) is -1.17. The molecule has 9 heteroatoms. The molecule has 2 aliphatic heterocycles. The normalized spacial score (nSPS) is 38.6. The number of nitrogens with zero attached hydrogens (tertiary/aromatic N) is 1. The van der Waals surface area contributed by atoms with E-state index in [2.05, 4.69) is 6.92 Å². The van der Waals surface area contributed by atoms with Gasteiger partial charge in [-0.25, -0.2) is 0 Å². The molecule has 2 N–H and O–H groups in total. The second-order valence-electron chi connectivity index (χ2n) is 4.47. The molecule has 0 aromatic heterocycles. The molecule has 0 spiro atoms. The number of ether oxygens (including phenoxy) is 1. The monoisotopic (exact) mass is 275 g/mol. The number of hydrogen-bond acceptors (Lipinski definition) is 4. The molecular weight excluding hydrogens is 262 g/mol. The van der Waals surface area contributed by atoms with Crippen LogP contribution in [0.3, 0.4) is 0 Å². The topological polar surface area (TPSA) is 70.0 Å². The van der Waals surface area contributed by atoms with Crippen LogP contribution in [0.2, 0.25) is 0 Å². The second-order valence-corrected chi connectivity index (χ2v) is 4.47. The molecule has 2 fully saturated rings. The van der Waals surface area contributed by atoms with Gasteiger partial charge < -0.3 is 26.8 Å². The number of fused-ring (bicyclic) bond motifs is 1. The summed E-state index contributed by atoms with van der Waals surface area (Å²) in [5.74, 6) is -2.02. The fourth-order valence-corrected chi connectivity index (χ4v) is 2.47. The Bertz CT molecular complexity index is 354. The number of likely N-dealkylation sites (tertiary alicyclic amines) is 1. The third-order valence-corrected chi connectivity index (χ3v) is 3.33. The van der Waals surface area contributed by atoms with Crippen molar-refractivity contribution in [3.63, 3.8) is 0 Å². The molecule has 0 aromatic rings. The Labute approximate surface area is 119 Å². The van der Waals surface area contributed by atoms with Gasteiger partial charge in [-0.2, -0.15) is 13.2 Å². The van der Waals surface area contributed by atoms with Crippen molar-refractivity contribution in [1.29, 1.82) is 0 Å². The van der Waals surface area contributed by atoms with Crippen molar-refractivity contribution in [1.82, 2.24) is 4.90 Å². The Morgan fingerprint density at radius 2 is 1.89 bits per heavy atom. The van der Waals surface area contributed by atoms with Crippen LogP contribution in [0, 0.1) is 6.92 Å². The number of amides is 1. The fourth-order valence-electron chi connectivity index (χ4n) is 2.47. The van der Waals surface area contributed by atoms with Gasteiger partial charge in [-0.1, -0.05) is 0 Å². The molecule has 0 aliphatic carbocycles. The number of aliphatic hydroxyl groups is 2. The molecule has 2 heterocycles. The minimum atomic E-state index is -5.00. The summed E-state index contributed by atoms with van der Waals surface area (Å²) < 4.78 is 42.3. The van der Waals surface area contributed by atoms with Crippen molar-refractivity contribution < 1.29 is 51.8 Å². The Morgan fingerprint density at radius 3 is 2.42 bits per heavy atom. The number of carbonyl (C=O) groups excluding carboxylic acids is 1. The molecule has 19 heavy (non-hydrogen) atoms. The van der Waals surface area contributed by atoms with Crippen LogP contribution in [0.15, 0.2) is 0 Å². The zero-order valence-electron chi connectivity index (χ0n) is 10.3. The minimum Gasteiger partial charge on any atom is -0.402 e. The molecule has 104 valence electrons. The van der Waals surface area contributed by atoms with Crippen LogP contribution < -0.4 is 18.9 Å². The molecule has 0 radical (unpaired) electrons. The van der Waals surface area contributed by atoms with Crippen LogP contribution in [0.1, 0.15) is 6.42 Å². The number of aliphatic hydroxyl groups excluding tert-OH is 2. The van der Waals surface area contributed by atoms with Crippen molar-refractivity contribution >= 4 is 5.91 Å². The molecule has 5 atom stereocenters. The van der Waals surface area contributed by atoms with Gasteiger partial charge in [0.2, 0.25) is 0 Å². The number of halogens is 3. The summed E-state index contributed by atoms with van der Waals surface area (Å²) in [6.07, 6.45) is -9.35. The SMILES string of the molecule is [CH2-][C@H]1OC2CCN(C(=O)C(F)(F)F)[C@@H]2[C@@H](O)[C@H]1O.[Li+]. The number of carbonyl (C=O) groups is 1. The molecule has 2 aliphatic rings. The predicted molar refractivity (Wildman–Crippen MR) is 52.2 cm³/mol. The van der Waals surface area contributed by atoms with E-state index >= 15 is 0 Å². The van der Waals surface area contributed by atoms with E-state index in [9.17, 15) is 28.2 Å². The molecule has 1 amide bonds. The average Bonchev–Trinajstić information content (AvgIpc) is 2.67. The number of rotatable bonds is 0. The zero-order chi connectivity index (χ0) is 13.7. The quantitative estimate of drug-likeness (QED) is 0.355. The average molecular weight is 275 g/mol. The largest absolute Gasteiger partial charge is 1.00 e. The number of hydrogen-bond donors (Lipinski definition) is 2. The molecule has 5 nitrogen and oxygen atoms in total. The first-order valence-corrected chi connectivity index (χ1v) is 5.46. The molecule has 2 rings (SSSR count). The first-order chi connectivity index (χ1) is 8.23. The molecule has 0 aromatic carbocycles. The summed E-state index contributed by atoms with van der Waals surface area (Å²) in [6.45, 7) is 3.29. The van der Waals surface area contributed by atoms with Crippen molar-refractivity contribution in [2.24, 2.45) is 0 Å². The molecule has 0 bridgehead atoms. The van der Waals surface area contributed by atoms with E-state index < -0.39 is 42.5 Å². The first kappa shape index (κ1) is 16.8. The van der Waals surface area contributed by atoms with E-state index in [-0.39, 0.29) is 31.8 Å². The van der Waals surface area contributed by atoms with Crippen LogP contribution in [0.5, 0.6) is 0 Å². The Hall–Kier alpha value is -0.263. The van der Waals surface area contributed by atoms with E-state index in [1.54, 1.807) is 0 Å². The second kappa shape index (κ2) is 5.62. The van der Waals surface area contributed by atoms with E-state index in [1.807, 2.05) is 0 Å². The van der Waals surface area contributed by atoms with Crippen LogP contribution in [0.25, 0.3) is 0 Å². The molecular formula is C10H13F3LiNO4. The van der Waals surface area contributed by atoms with Gasteiger partial charge in [-0.05, 0) is 12.5 Å². The van der Waals surface area contributed by atoms with Gasteiger partial charge in [-0.3, -0.25) is 4.79 Å². The summed E-state index contributed by atoms with van der Waals surface area (Å²) in [7, 11) is 0. The predicted octanol–water partition coefficient (Wildman–Crippen LogP) is -3.52. The zero-order valence-corrected chi connectivity index (χ0v) is 10.3. The molecule has 0 saturated carbocycles. The van der Waals surface area contributed by atoms with Crippen LogP contribution >= 0.6 is 0 Å². The van der Waals surface area contributed by atoms with E-state index in [1.165, 1.54) is 0 Å². The van der Waals surface area contributed by atoms with Crippen molar-refractivity contribution in [3.05, 3.63) is 6.92 Å². The third kappa shape index (κ3) is 2.93. The van der Waals surface area contributed by atoms with Crippen molar-refractivity contribution in [2.75, 3.05) is 6.54 Å². The minimum absolute atomic E-state index is 0. The van der Waals surface area contributed by atoms with Gasteiger partial charge in [0.1, 0.15) is 6.10 Å². The fraction of sp³-hybridized carbons (Fsp3) is 0.800. The van der Waals surface area contributed by atoms with Gasteiger partial charge in [0.15, 0.2) is 0 Å².